The third-order valence-corrected chi connectivity index (χ3v) is 6.18. The standard InChI is InChI=1S/C23H40N4O3/c1-4-5-15-27-21(24)20(22(29)25-23(27)30)26(16-14-17(2)3)19(28)13-9-12-18-10-7-6-8-11-18/h17-18H,4-16,24H2,1-3H3,(H,25,29,30). The number of H-pyrrole nitrogens is 1. The van der Waals surface area contributed by atoms with Crippen LogP contribution >= 0.6 is 0 Å². The SMILES string of the molecule is CCCCn1c(N)c(N(CCC(C)C)C(=O)CCCC2CCCCC2)c(=O)[nH]c1=O. The van der Waals surface area contributed by atoms with E-state index in [0.717, 1.165) is 38.0 Å². The smallest absolute Gasteiger partial charge is 0.330 e. The molecule has 7 nitrogen and oxygen atoms in total. The summed E-state index contributed by atoms with van der Waals surface area (Å²) in [5.41, 5.74) is 5.31. The summed E-state index contributed by atoms with van der Waals surface area (Å²) < 4.78 is 1.39. The highest BCUT2D eigenvalue weighted by Crippen LogP contribution is 2.28. The van der Waals surface area contributed by atoms with Gasteiger partial charge in [0.1, 0.15) is 5.82 Å². The summed E-state index contributed by atoms with van der Waals surface area (Å²) in [5, 5.41) is 0. The summed E-state index contributed by atoms with van der Waals surface area (Å²) in [6, 6.07) is 0. The van der Waals surface area contributed by atoms with Gasteiger partial charge >= 0.3 is 5.69 Å². The average Bonchev–Trinajstić information content (AvgIpc) is 2.70. The highest BCUT2D eigenvalue weighted by molar-refractivity contribution is 5.95. The number of nitrogen functional groups attached to an aromatic ring is 1. The summed E-state index contributed by atoms with van der Waals surface area (Å²) in [6.45, 7) is 7.06. The minimum atomic E-state index is -0.574. The number of nitrogens with zero attached hydrogens (tertiary/aromatic N) is 2. The number of aromatic nitrogens is 2. The number of amides is 1. The number of rotatable bonds is 11. The van der Waals surface area contributed by atoms with E-state index in [1.807, 2.05) is 6.92 Å². The van der Waals surface area contributed by atoms with Crippen molar-refractivity contribution < 1.29 is 4.79 Å². The fraction of sp³-hybridized carbons (Fsp3) is 0.783. The van der Waals surface area contributed by atoms with Gasteiger partial charge in [-0.05, 0) is 37.5 Å². The van der Waals surface area contributed by atoms with Gasteiger partial charge in [-0.3, -0.25) is 19.1 Å². The molecular formula is C23H40N4O3. The molecule has 0 spiro atoms. The van der Waals surface area contributed by atoms with Crippen LogP contribution in [-0.4, -0.2) is 22.0 Å². The van der Waals surface area contributed by atoms with Crippen LogP contribution in [0.5, 0.6) is 0 Å². The fourth-order valence-corrected chi connectivity index (χ4v) is 4.28. The van der Waals surface area contributed by atoms with Crippen LogP contribution in [0.2, 0.25) is 0 Å². The van der Waals surface area contributed by atoms with Crippen molar-refractivity contribution in [2.75, 3.05) is 17.2 Å². The number of anilines is 2. The molecule has 7 heteroatoms. The Morgan fingerprint density at radius 3 is 2.53 bits per heavy atom. The second-order valence-corrected chi connectivity index (χ2v) is 9.12. The van der Waals surface area contributed by atoms with Crippen molar-refractivity contribution in [3.63, 3.8) is 0 Å². The van der Waals surface area contributed by atoms with Gasteiger partial charge in [0, 0.05) is 19.5 Å². The van der Waals surface area contributed by atoms with E-state index in [4.69, 9.17) is 5.73 Å². The zero-order chi connectivity index (χ0) is 22.1. The van der Waals surface area contributed by atoms with Gasteiger partial charge < -0.3 is 10.6 Å². The van der Waals surface area contributed by atoms with E-state index in [2.05, 4.69) is 18.8 Å². The van der Waals surface area contributed by atoms with Crippen LogP contribution in [0.4, 0.5) is 11.5 Å². The molecule has 1 fully saturated rings. The van der Waals surface area contributed by atoms with Gasteiger partial charge in [-0.25, -0.2) is 4.79 Å². The number of carbonyl (C=O) groups excluding carboxylic acids is 1. The van der Waals surface area contributed by atoms with Gasteiger partial charge in [0.25, 0.3) is 5.56 Å². The van der Waals surface area contributed by atoms with Crippen molar-refractivity contribution in [3.05, 3.63) is 20.8 Å². The molecule has 1 saturated carbocycles. The zero-order valence-electron chi connectivity index (χ0n) is 19.0. The quantitative estimate of drug-likeness (QED) is 0.564. The maximum Gasteiger partial charge on any atom is 0.330 e. The number of aromatic amines is 1. The number of hydrogen-bond donors (Lipinski definition) is 2. The van der Waals surface area contributed by atoms with Crippen molar-refractivity contribution in [2.45, 2.75) is 97.9 Å². The van der Waals surface area contributed by atoms with Gasteiger partial charge in [-0.1, -0.05) is 59.3 Å². The third-order valence-electron chi connectivity index (χ3n) is 6.18. The first-order valence-electron chi connectivity index (χ1n) is 11.8. The minimum Gasteiger partial charge on any atom is -0.383 e. The topological polar surface area (TPSA) is 101 Å². The summed E-state index contributed by atoms with van der Waals surface area (Å²) in [4.78, 5) is 41.9. The van der Waals surface area contributed by atoms with Gasteiger partial charge in [0.05, 0.1) is 0 Å². The molecule has 2 rings (SSSR count). The van der Waals surface area contributed by atoms with Gasteiger partial charge in [-0.2, -0.15) is 0 Å². The Bertz CT molecular complexity index is 791. The number of unbranched alkanes of at least 4 members (excludes halogenated alkanes) is 1. The lowest BCUT2D eigenvalue weighted by Crippen LogP contribution is -2.42. The average molecular weight is 421 g/mol. The molecule has 1 aromatic rings. The van der Waals surface area contributed by atoms with Crippen LogP contribution in [0.15, 0.2) is 9.59 Å². The van der Waals surface area contributed by atoms with Crippen LogP contribution in [0, 0.1) is 11.8 Å². The van der Waals surface area contributed by atoms with Gasteiger partial charge in [-0.15, -0.1) is 0 Å². The maximum atomic E-state index is 13.1. The normalized spacial score (nSPS) is 14.9. The molecular weight excluding hydrogens is 380 g/mol. The fourth-order valence-electron chi connectivity index (χ4n) is 4.28. The lowest BCUT2D eigenvalue weighted by molar-refractivity contribution is -0.118. The van der Waals surface area contributed by atoms with Crippen LogP contribution < -0.4 is 21.9 Å². The first-order valence-corrected chi connectivity index (χ1v) is 11.8. The predicted molar refractivity (Wildman–Crippen MR) is 123 cm³/mol. The van der Waals surface area contributed by atoms with Crippen molar-refractivity contribution in [1.82, 2.24) is 9.55 Å². The van der Waals surface area contributed by atoms with E-state index in [1.165, 1.54) is 41.6 Å². The zero-order valence-corrected chi connectivity index (χ0v) is 19.0. The molecule has 0 aromatic carbocycles. The summed E-state index contributed by atoms with van der Waals surface area (Å²) in [5.74, 6) is 1.12. The van der Waals surface area contributed by atoms with E-state index < -0.39 is 11.2 Å². The van der Waals surface area contributed by atoms with Crippen molar-refractivity contribution in [2.24, 2.45) is 11.8 Å². The molecule has 0 saturated heterocycles. The Kier molecular flexibility index (Phi) is 9.66. The van der Waals surface area contributed by atoms with Crippen LogP contribution in [-0.2, 0) is 11.3 Å². The Labute approximate surface area is 180 Å². The molecule has 1 aromatic heterocycles. The van der Waals surface area contributed by atoms with Crippen LogP contribution in [0.3, 0.4) is 0 Å². The van der Waals surface area contributed by atoms with E-state index in [-0.39, 0.29) is 17.4 Å². The first-order chi connectivity index (χ1) is 14.3. The molecule has 1 aliphatic rings. The molecule has 1 heterocycles. The van der Waals surface area contributed by atoms with Crippen molar-refractivity contribution in [1.29, 1.82) is 0 Å². The Hall–Kier alpha value is -2.05. The van der Waals surface area contributed by atoms with Gasteiger partial charge in [0.2, 0.25) is 5.91 Å². The van der Waals surface area contributed by atoms with Gasteiger partial charge in [0.15, 0.2) is 5.69 Å². The molecule has 0 radical (unpaired) electrons. The lowest BCUT2D eigenvalue weighted by atomic mass is 9.86. The van der Waals surface area contributed by atoms with E-state index in [0.29, 0.717) is 25.4 Å². The first kappa shape index (κ1) is 24.2. The monoisotopic (exact) mass is 420 g/mol. The molecule has 30 heavy (non-hydrogen) atoms. The number of nitrogens with two attached hydrogens (primary N) is 1. The molecule has 170 valence electrons. The molecule has 0 aliphatic heterocycles. The minimum absolute atomic E-state index is 0.0793. The maximum absolute atomic E-state index is 13.1. The Morgan fingerprint density at radius 1 is 1.20 bits per heavy atom. The van der Waals surface area contributed by atoms with Crippen LogP contribution in [0.25, 0.3) is 0 Å². The van der Waals surface area contributed by atoms with E-state index in [9.17, 15) is 14.4 Å². The lowest BCUT2D eigenvalue weighted by Gasteiger charge is -2.26. The molecule has 0 unspecified atom stereocenters. The Morgan fingerprint density at radius 2 is 1.90 bits per heavy atom. The molecule has 0 bridgehead atoms. The highest BCUT2D eigenvalue weighted by Gasteiger charge is 2.24. The van der Waals surface area contributed by atoms with E-state index >= 15 is 0 Å². The molecule has 1 amide bonds. The second-order valence-electron chi connectivity index (χ2n) is 9.12. The molecule has 3 N–H and O–H groups in total. The summed E-state index contributed by atoms with van der Waals surface area (Å²) in [7, 11) is 0. The summed E-state index contributed by atoms with van der Waals surface area (Å²) >= 11 is 0. The molecule has 0 atom stereocenters. The summed E-state index contributed by atoms with van der Waals surface area (Å²) in [6.07, 6.45) is 11.2. The predicted octanol–water partition coefficient (Wildman–Crippen LogP) is 4.05. The van der Waals surface area contributed by atoms with E-state index in [1.54, 1.807) is 0 Å². The van der Waals surface area contributed by atoms with Crippen molar-refractivity contribution >= 4 is 17.4 Å². The van der Waals surface area contributed by atoms with Crippen LogP contribution in [0.1, 0.15) is 91.4 Å². The highest BCUT2D eigenvalue weighted by atomic mass is 16.2. The van der Waals surface area contributed by atoms with Crippen molar-refractivity contribution in [3.8, 4) is 0 Å². The Balaban J connectivity index is 2.21. The number of carbonyl (C=O) groups is 1. The molecule has 1 aliphatic carbocycles. The number of hydrogen-bond acceptors (Lipinski definition) is 4. The largest absolute Gasteiger partial charge is 0.383 e. The second kappa shape index (κ2) is 12.0. The number of nitrogens with one attached hydrogen (secondary N) is 1. The third kappa shape index (κ3) is 6.74.